The van der Waals surface area contributed by atoms with Crippen molar-refractivity contribution in [3.63, 3.8) is 0 Å². The maximum atomic E-state index is 13.4. The highest BCUT2D eigenvalue weighted by atomic mass is 19.2. The summed E-state index contributed by atoms with van der Waals surface area (Å²) in [5.74, 6) is -4.79. The number of β-lactam (4-membered cyclic amide) rings is 1. The van der Waals surface area contributed by atoms with Gasteiger partial charge in [0.2, 0.25) is 5.91 Å². The molecule has 0 bridgehead atoms. The maximum absolute atomic E-state index is 13.4. The summed E-state index contributed by atoms with van der Waals surface area (Å²) in [6, 6.07) is 3.20. The van der Waals surface area contributed by atoms with Crippen LogP contribution in [0.4, 0.5) is 19.4 Å². The van der Waals surface area contributed by atoms with Gasteiger partial charge in [0.05, 0.1) is 12.0 Å². The lowest BCUT2D eigenvalue weighted by atomic mass is 9.82. The van der Waals surface area contributed by atoms with Crippen molar-refractivity contribution in [2.24, 2.45) is 5.92 Å². The summed E-state index contributed by atoms with van der Waals surface area (Å²) in [4.78, 5) is 41.0. The number of benzene rings is 1. The number of carbonyl (C=O) groups excluding carboxylic acids is 2. The third kappa shape index (κ3) is 4.00. The SMILES string of the molecule is C[C@@H](NC(=O)N1C(=O)C(Cc2ccnc(N)c2)[C@H]1C(=O)O)c1ccc(F)c(F)c1. The predicted octanol–water partition coefficient (Wildman–Crippen LogP) is 1.87. The molecule has 4 N–H and O–H groups in total. The molecule has 1 aliphatic rings. The maximum Gasteiger partial charge on any atom is 0.327 e. The Morgan fingerprint density at radius 2 is 2.00 bits per heavy atom. The molecule has 2 heterocycles. The quantitative estimate of drug-likeness (QED) is 0.653. The van der Waals surface area contributed by atoms with E-state index in [0.29, 0.717) is 10.5 Å². The molecule has 1 fully saturated rings. The average Bonchev–Trinajstić information content (AvgIpc) is 2.65. The molecular weight excluding hydrogens is 386 g/mol. The van der Waals surface area contributed by atoms with E-state index in [1.165, 1.54) is 25.3 Å². The minimum absolute atomic E-state index is 0.0883. The number of aromatic nitrogens is 1. The van der Waals surface area contributed by atoms with Crippen LogP contribution >= 0.6 is 0 Å². The Hall–Kier alpha value is -3.56. The number of nitrogens with two attached hydrogens (primary N) is 1. The van der Waals surface area contributed by atoms with Crippen LogP contribution < -0.4 is 11.1 Å². The fourth-order valence-corrected chi connectivity index (χ4v) is 3.25. The molecule has 152 valence electrons. The van der Waals surface area contributed by atoms with Crippen LogP contribution in [0, 0.1) is 17.6 Å². The van der Waals surface area contributed by atoms with Crippen molar-refractivity contribution < 1.29 is 28.3 Å². The van der Waals surface area contributed by atoms with Gasteiger partial charge in [-0.05, 0) is 48.7 Å². The number of amides is 3. The van der Waals surface area contributed by atoms with Gasteiger partial charge < -0.3 is 16.2 Å². The predicted molar refractivity (Wildman–Crippen MR) is 97.4 cm³/mol. The minimum atomic E-state index is -1.35. The first-order valence-electron chi connectivity index (χ1n) is 8.70. The van der Waals surface area contributed by atoms with Crippen molar-refractivity contribution in [3.05, 3.63) is 59.3 Å². The summed E-state index contributed by atoms with van der Waals surface area (Å²) in [5.41, 5.74) is 6.48. The molecule has 1 aromatic carbocycles. The number of nitrogens with one attached hydrogen (secondary N) is 1. The fourth-order valence-electron chi connectivity index (χ4n) is 3.25. The highest BCUT2D eigenvalue weighted by Crippen LogP contribution is 2.31. The molecule has 3 rings (SSSR count). The summed E-state index contributed by atoms with van der Waals surface area (Å²) >= 11 is 0. The van der Waals surface area contributed by atoms with Crippen LogP contribution in [0.5, 0.6) is 0 Å². The number of aliphatic carboxylic acids is 1. The van der Waals surface area contributed by atoms with Gasteiger partial charge in [-0.15, -0.1) is 0 Å². The van der Waals surface area contributed by atoms with Crippen LogP contribution in [-0.4, -0.2) is 38.9 Å². The number of hydrogen-bond donors (Lipinski definition) is 3. The van der Waals surface area contributed by atoms with E-state index < -0.39 is 47.5 Å². The number of urea groups is 1. The van der Waals surface area contributed by atoms with Gasteiger partial charge >= 0.3 is 12.0 Å². The Morgan fingerprint density at radius 3 is 2.62 bits per heavy atom. The van der Waals surface area contributed by atoms with Crippen LogP contribution in [0.25, 0.3) is 0 Å². The van der Waals surface area contributed by atoms with Crippen LogP contribution in [-0.2, 0) is 16.0 Å². The van der Waals surface area contributed by atoms with E-state index in [1.807, 2.05) is 0 Å². The molecule has 1 aliphatic heterocycles. The molecule has 3 amide bonds. The second-order valence-corrected chi connectivity index (χ2v) is 6.74. The second-order valence-electron chi connectivity index (χ2n) is 6.74. The van der Waals surface area contributed by atoms with Gasteiger partial charge in [0.1, 0.15) is 5.82 Å². The Bertz CT molecular complexity index is 984. The van der Waals surface area contributed by atoms with E-state index in [2.05, 4.69) is 10.3 Å². The van der Waals surface area contributed by atoms with Crippen LogP contribution in [0.1, 0.15) is 24.1 Å². The monoisotopic (exact) mass is 404 g/mol. The molecule has 2 aromatic rings. The number of nitrogen functional groups attached to an aromatic ring is 1. The van der Waals surface area contributed by atoms with Crippen molar-refractivity contribution in [2.75, 3.05) is 5.73 Å². The largest absolute Gasteiger partial charge is 0.480 e. The summed E-state index contributed by atoms with van der Waals surface area (Å²) in [7, 11) is 0. The van der Waals surface area contributed by atoms with Gasteiger partial charge in [-0.25, -0.2) is 28.3 Å². The van der Waals surface area contributed by atoms with Gasteiger partial charge in [-0.3, -0.25) is 4.79 Å². The lowest BCUT2D eigenvalue weighted by Gasteiger charge is -2.43. The van der Waals surface area contributed by atoms with Gasteiger partial charge in [0.25, 0.3) is 0 Å². The first-order valence-corrected chi connectivity index (χ1v) is 8.70. The second kappa shape index (κ2) is 7.82. The number of halogens is 2. The first kappa shape index (κ1) is 20.2. The van der Waals surface area contributed by atoms with E-state index in [0.717, 1.165) is 12.1 Å². The molecule has 1 aromatic heterocycles. The number of nitrogens with zero attached hydrogens (tertiary/aromatic N) is 2. The number of hydrogen-bond acceptors (Lipinski definition) is 5. The number of rotatable bonds is 5. The topological polar surface area (TPSA) is 126 Å². The number of carboxylic acids is 1. The molecule has 0 aliphatic carbocycles. The summed E-state index contributed by atoms with van der Waals surface area (Å²) in [6.45, 7) is 1.50. The molecule has 0 radical (unpaired) electrons. The molecule has 1 saturated heterocycles. The molecule has 0 spiro atoms. The smallest absolute Gasteiger partial charge is 0.327 e. The molecule has 1 unspecified atom stereocenters. The summed E-state index contributed by atoms with van der Waals surface area (Å²) in [6.07, 6.45) is 1.53. The van der Waals surface area contributed by atoms with Crippen molar-refractivity contribution in [1.29, 1.82) is 0 Å². The van der Waals surface area contributed by atoms with Gasteiger partial charge in [-0.1, -0.05) is 6.07 Å². The molecule has 10 heteroatoms. The molecule has 3 atom stereocenters. The zero-order valence-corrected chi connectivity index (χ0v) is 15.3. The molecular formula is C19H18F2N4O4. The van der Waals surface area contributed by atoms with E-state index in [-0.39, 0.29) is 17.8 Å². The normalized spacial score (nSPS) is 19.4. The number of likely N-dealkylation sites (tertiary alicyclic amines) is 1. The van der Waals surface area contributed by atoms with Crippen molar-refractivity contribution in [1.82, 2.24) is 15.2 Å². The van der Waals surface area contributed by atoms with E-state index in [1.54, 1.807) is 6.07 Å². The average molecular weight is 404 g/mol. The van der Waals surface area contributed by atoms with E-state index in [9.17, 15) is 28.3 Å². The number of pyridine rings is 1. The van der Waals surface area contributed by atoms with Gasteiger partial charge in [-0.2, -0.15) is 0 Å². The Kier molecular flexibility index (Phi) is 5.44. The van der Waals surface area contributed by atoms with Crippen LogP contribution in [0.2, 0.25) is 0 Å². The minimum Gasteiger partial charge on any atom is -0.480 e. The Labute approximate surface area is 164 Å². The highest BCUT2D eigenvalue weighted by molar-refractivity contribution is 6.07. The van der Waals surface area contributed by atoms with Crippen molar-refractivity contribution >= 4 is 23.7 Å². The number of carbonyl (C=O) groups is 3. The fraction of sp³-hybridized carbons (Fsp3) is 0.263. The van der Waals surface area contributed by atoms with E-state index in [4.69, 9.17) is 5.73 Å². The third-order valence-electron chi connectivity index (χ3n) is 4.77. The number of carboxylic acid groups (broad SMARTS) is 1. The van der Waals surface area contributed by atoms with Crippen molar-refractivity contribution in [2.45, 2.75) is 25.4 Å². The first-order chi connectivity index (χ1) is 13.7. The van der Waals surface area contributed by atoms with E-state index >= 15 is 0 Å². The van der Waals surface area contributed by atoms with Gasteiger partial charge in [0.15, 0.2) is 17.7 Å². The standard InChI is InChI=1S/C19H18F2N4O4/c1-9(11-2-3-13(20)14(21)8-11)24-19(29)25-16(18(27)28)12(17(25)26)6-10-4-5-23-15(22)7-10/h2-5,7-9,12,16H,6H2,1H3,(H2,22,23)(H,24,29)(H,27,28)/t9-,12?,16+/m1/s1. The number of imide groups is 1. The van der Waals surface area contributed by atoms with Crippen LogP contribution in [0.3, 0.4) is 0 Å². The number of anilines is 1. The summed E-state index contributed by atoms with van der Waals surface area (Å²) < 4.78 is 26.4. The lowest BCUT2D eigenvalue weighted by molar-refractivity contribution is -0.165. The van der Waals surface area contributed by atoms with Gasteiger partial charge in [0, 0.05) is 6.20 Å². The zero-order chi connectivity index (χ0) is 21.3. The lowest BCUT2D eigenvalue weighted by Crippen LogP contribution is -2.68. The summed E-state index contributed by atoms with van der Waals surface area (Å²) in [5, 5.41) is 11.9. The van der Waals surface area contributed by atoms with Crippen molar-refractivity contribution in [3.8, 4) is 0 Å². The third-order valence-corrected chi connectivity index (χ3v) is 4.77. The molecule has 8 nitrogen and oxygen atoms in total. The van der Waals surface area contributed by atoms with Crippen LogP contribution in [0.15, 0.2) is 36.5 Å². The molecule has 0 saturated carbocycles. The Morgan fingerprint density at radius 1 is 1.28 bits per heavy atom. The highest BCUT2D eigenvalue weighted by Gasteiger charge is 2.54. The Balaban J connectivity index is 1.72. The molecule has 29 heavy (non-hydrogen) atoms. The zero-order valence-electron chi connectivity index (χ0n) is 15.3.